The minimum absolute atomic E-state index is 0.165. The lowest BCUT2D eigenvalue weighted by atomic mass is 10.0. The molecule has 7 heteroatoms. The van der Waals surface area contributed by atoms with Crippen LogP contribution >= 0.6 is 0 Å². The van der Waals surface area contributed by atoms with Gasteiger partial charge in [-0.1, -0.05) is 36.4 Å². The number of aromatic nitrogens is 4. The van der Waals surface area contributed by atoms with E-state index in [4.69, 9.17) is 0 Å². The Morgan fingerprint density at radius 2 is 1.81 bits per heavy atom. The van der Waals surface area contributed by atoms with E-state index in [9.17, 15) is 9.59 Å². The van der Waals surface area contributed by atoms with E-state index in [2.05, 4.69) is 21.8 Å². The van der Waals surface area contributed by atoms with E-state index >= 15 is 0 Å². The van der Waals surface area contributed by atoms with Crippen LogP contribution in [-0.2, 0) is 11.3 Å². The molecule has 7 nitrogen and oxygen atoms in total. The Labute approximate surface area is 151 Å². The maximum absolute atomic E-state index is 12.4. The van der Waals surface area contributed by atoms with Gasteiger partial charge in [-0.15, -0.1) is 0 Å². The number of aryl methyl sites for hydroxylation is 2. The fourth-order valence-electron chi connectivity index (χ4n) is 2.65. The highest BCUT2D eigenvalue weighted by atomic mass is 16.2. The Bertz CT molecular complexity index is 975. The lowest BCUT2D eigenvalue weighted by Gasteiger charge is -2.15. The number of carbonyl (C=O) groups excluding carboxylic acids is 1. The number of nitrogens with one attached hydrogen (secondary N) is 1. The first-order valence-electron chi connectivity index (χ1n) is 8.40. The molecule has 0 bridgehead atoms. The predicted octanol–water partition coefficient (Wildman–Crippen LogP) is 1.92. The zero-order chi connectivity index (χ0) is 18.7. The zero-order valence-electron chi connectivity index (χ0n) is 15.0. The third-order valence-electron chi connectivity index (χ3n) is 4.34. The van der Waals surface area contributed by atoms with Crippen LogP contribution < -0.4 is 11.0 Å². The summed E-state index contributed by atoms with van der Waals surface area (Å²) in [6.07, 6.45) is 0. The molecule has 0 saturated heterocycles. The molecule has 0 radical (unpaired) electrons. The average molecular weight is 351 g/mol. The van der Waals surface area contributed by atoms with Crippen LogP contribution in [-0.4, -0.2) is 25.7 Å². The van der Waals surface area contributed by atoms with Crippen LogP contribution in [0.1, 0.15) is 29.7 Å². The lowest BCUT2D eigenvalue weighted by Crippen LogP contribution is -2.34. The molecule has 3 aromatic rings. The fraction of sp³-hybridized carbons (Fsp3) is 0.263. The van der Waals surface area contributed by atoms with E-state index < -0.39 is 5.69 Å². The van der Waals surface area contributed by atoms with Gasteiger partial charge in [0, 0.05) is 0 Å². The number of nitrogens with zero attached hydrogens (tertiary/aromatic N) is 4. The summed E-state index contributed by atoms with van der Waals surface area (Å²) in [5, 5.41) is 10.5. The van der Waals surface area contributed by atoms with Crippen LogP contribution in [0.2, 0.25) is 0 Å². The topological polar surface area (TPSA) is 81.8 Å². The second-order valence-electron chi connectivity index (χ2n) is 6.30. The van der Waals surface area contributed by atoms with Gasteiger partial charge in [0.1, 0.15) is 6.54 Å². The molecule has 1 heterocycles. The van der Waals surface area contributed by atoms with Gasteiger partial charge in [0.2, 0.25) is 5.91 Å². The number of para-hydroxylation sites is 1. The summed E-state index contributed by atoms with van der Waals surface area (Å²) in [7, 11) is 0. The summed E-state index contributed by atoms with van der Waals surface area (Å²) >= 11 is 0. The van der Waals surface area contributed by atoms with Gasteiger partial charge in [0.05, 0.1) is 11.7 Å². The molecular weight excluding hydrogens is 330 g/mol. The summed E-state index contributed by atoms with van der Waals surface area (Å²) in [5.41, 5.74) is 3.54. The highest BCUT2D eigenvalue weighted by Crippen LogP contribution is 2.16. The second kappa shape index (κ2) is 7.35. The van der Waals surface area contributed by atoms with E-state index in [0.717, 1.165) is 10.2 Å². The van der Waals surface area contributed by atoms with E-state index in [1.807, 2.05) is 39.0 Å². The van der Waals surface area contributed by atoms with Crippen molar-refractivity contribution < 1.29 is 4.79 Å². The molecule has 0 fully saturated rings. The molecule has 0 aliphatic carbocycles. The summed E-state index contributed by atoms with van der Waals surface area (Å²) in [6.45, 7) is 5.81. The zero-order valence-corrected chi connectivity index (χ0v) is 15.0. The Balaban J connectivity index is 1.70. The van der Waals surface area contributed by atoms with Crippen molar-refractivity contribution in [3.63, 3.8) is 0 Å². The Hall–Kier alpha value is -3.22. The molecule has 0 saturated carbocycles. The molecule has 26 heavy (non-hydrogen) atoms. The Morgan fingerprint density at radius 1 is 1.08 bits per heavy atom. The van der Waals surface area contributed by atoms with Crippen molar-refractivity contribution in [1.29, 1.82) is 0 Å². The van der Waals surface area contributed by atoms with Crippen molar-refractivity contribution in [1.82, 2.24) is 25.1 Å². The first-order valence-corrected chi connectivity index (χ1v) is 8.40. The molecule has 0 spiro atoms. The van der Waals surface area contributed by atoms with Crippen LogP contribution in [0.5, 0.6) is 0 Å². The second-order valence-corrected chi connectivity index (χ2v) is 6.30. The molecule has 1 atom stereocenters. The van der Waals surface area contributed by atoms with Crippen molar-refractivity contribution in [2.45, 2.75) is 33.4 Å². The highest BCUT2D eigenvalue weighted by Gasteiger charge is 2.15. The van der Waals surface area contributed by atoms with Crippen LogP contribution in [0.15, 0.2) is 53.3 Å². The standard InChI is InChI=1S/C19H21N5O2/c1-13-9-10-16(11-14(13)2)15(3)20-18(25)12-23-19(26)24(22-21-23)17-7-5-4-6-8-17/h4-11,15H,12H2,1-3H3,(H,20,25)/t15-/m1/s1. The summed E-state index contributed by atoms with van der Waals surface area (Å²) in [6, 6.07) is 14.9. The molecule has 1 aromatic heterocycles. The van der Waals surface area contributed by atoms with Crippen LogP contribution in [0, 0.1) is 13.8 Å². The lowest BCUT2D eigenvalue weighted by molar-refractivity contribution is -0.122. The van der Waals surface area contributed by atoms with Gasteiger partial charge in [-0.05, 0) is 60.0 Å². The summed E-state index contributed by atoms with van der Waals surface area (Å²) in [5.74, 6) is -0.294. The number of hydrogen-bond acceptors (Lipinski definition) is 4. The molecule has 134 valence electrons. The third kappa shape index (κ3) is 3.72. The molecule has 1 N–H and O–H groups in total. The number of rotatable bonds is 5. The van der Waals surface area contributed by atoms with Gasteiger partial charge >= 0.3 is 5.69 Å². The van der Waals surface area contributed by atoms with Crippen LogP contribution in [0.3, 0.4) is 0 Å². The Morgan fingerprint density at radius 3 is 2.50 bits per heavy atom. The maximum atomic E-state index is 12.4. The summed E-state index contributed by atoms with van der Waals surface area (Å²) < 4.78 is 2.22. The van der Waals surface area contributed by atoms with E-state index in [1.54, 1.807) is 24.3 Å². The number of carbonyl (C=O) groups is 1. The summed E-state index contributed by atoms with van der Waals surface area (Å²) in [4.78, 5) is 24.7. The van der Waals surface area contributed by atoms with Gasteiger partial charge in [-0.2, -0.15) is 9.36 Å². The molecule has 3 rings (SSSR count). The highest BCUT2D eigenvalue weighted by molar-refractivity contribution is 5.76. The molecule has 0 aliphatic heterocycles. The first-order chi connectivity index (χ1) is 12.5. The average Bonchev–Trinajstić information content (AvgIpc) is 2.98. The van der Waals surface area contributed by atoms with Gasteiger partial charge in [0.15, 0.2) is 0 Å². The number of tetrazole rings is 1. The number of amides is 1. The first kappa shape index (κ1) is 17.6. The predicted molar refractivity (Wildman–Crippen MR) is 98.1 cm³/mol. The van der Waals surface area contributed by atoms with Gasteiger partial charge < -0.3 is 5.32 Å². The van der Waals surface area contributed by atoms with Crippen LogP contribution in [0.25, 0.3) is 5.69 Å². The molecule has 2 aromatic carbocycles. The van der Waals surface area contributed by atoms with Gasteiger partial charge in [0.25, 0.3) is 0 Å². The molecular formula is C19H21N5O2. The van der Waals surface area contributed by atoms with E-state index in [-0.39, 0.29) is 18.5 Å². The minimum Gasteiger partial charge on any atom is -0.348 e. The number of hydrogen-bond donors (Lipinski definition) is 1. The Kier molecular flexibility index (Phi) is 4.97. The minimum atomic E-state index is -0.454. The monoisotopic (exact) mass is 351 g/mol. The van der Waals surface area contributed by atoms with Crippen molar-refractivity contribution in [2.24, 2.45) is 0 Å². The van der Waals surface area contributed by atoms with Crippen molar-refractivity contribution in [3.8, 4) is 5.69 Å². The smallest absolute Gasteiger partial charge is 0.348 e. The van der Waals surface area contributed by atoms with Gasteiger partial charge in [-0.25, -0.2) is 4.79 Å². The quantitative estimate of drug-likeness (QED) is 0.761. The largest absolute Gasteiger partial charge is 0.368 e. The van der Waals surface area contributed by atoms with E-state index in [0.29, 0.717) is 5.69 Å². The van der Waals surface area contributed by atoms with Gasteiger partial charge in [-0.3, -0.25) is 4.79 Å². The van der Waals surface area contributed by atoms with Crippen molar-refractivity contribution >= 4 is 5.91 Å². The number of benzene rings is 2. The van der Waals surface area contributed by atoms with Crippen molar-refractivity contribution in [2.75, 3.05) is 0 Å². The SMILES string of the molecule is Cc1ccc([C@@H](C)NC(=O)Cn2nnn(-c3ccccc3)c2=O)cc1C. The third-order valence-corrected chi connectivity index (χ3v) is 4.34. The van der Waals surface area contributed by atoms with E-state index in [1.165, 1.54) is 15.8 Å². The normalized spacial score (nSPS) is 12.0. The maximum Gasteiger partial charge on any atom is 0.368 e. The van der Waals surface area contributed by atoms with Crippen LogP contribution in [0.4, 0.5) is 0 Å². The molecule has 1 amide bonds. The van der Waals surface area contributed by atoms with Crippen molar-refractivity contribution in [3.05, 3.63) is 75.7 Å². The molecule has 0 aliphatic rings. The molecule has 0 unspecified atom stereocenters. The fourth-order valence-corrected chi connectivity index (χ4v) is 2.65.